The lowest BCUT2D eigenvalue weighted by atomic mass is 10.0. The number of aliphatic hydroxyl groups excluding tert-OH is 4. The van der Waals surface area contributed by atoms with E-state index in [1.165, 1.54) is 6.20 Å². The van der Waals surface area contributed by atoms with E-state index in [1.807, 2.05) is 0 Å². The molecular formula is C10H13IN2O6. The number of nitrogens with zero attached hydrogens (tertiary/aromatic N) is 1. The van der Waals surface area contributed by atoms with Crippen LogP contribution in [0.3, 0.4) is 0 Å². The Morgan fingerprint density at radius 3 is 2.37 bits per heavy atom. The number of nitrogens with one attached hydrogen (secondary N) is 1. The first-order valence-electron chi connectivity index (χ1n) is 5.54. The average Bonchev–Trinajstić information content (AvgIpc) is 2.56. The number of hydrogen-bond donors (Lipinski definition) is 5. The number of aliphatic hydroxyl groups is 4. The summed E-state index contributed by atoms with van der Waals surface area (Å²) in [5, 5.41) is 38.7. The normalized spacial score (nSPS) is 34.7. The number of halogens is 1. The summed E-state index contributed by atoms with van der Waals surface area (Å²) in [5.74, 6) is -0.948. The molecule has 0 bridgehead atoms. The van der Waals surface area contributed by atoms with Gasteiger partial charge in [-0.25, -0.2) is 4.79 Å². The van der Waals surface area contributed by atoms with Crippen LogP contribution in [0.4, 0.5) is 0 Å². The zero-order valence-corrected chi connectivity index (χ0v) is 11.8. The molecule has 0 saturated heterocycles. The predicted molar refractivity (Wildman–Crippen MR) is 71.7 cm³/mol. The predicted octanol–water partition coefficient (Wildman–Crippen LogP) is -2.61. The molecule has 5 atom stereocenters. The first kappa shape index (κ1) is 14.7. The standard InChI is InChI=1S/C10H13IN2O6/c11-4-1-13(10(19)12-9(4)18)5-6(15)3(2-14)7(16)8(5)17/h1,3,5-8,14-17H,2H2,(H,12,18,19)/t3-,5+,6-,7?,8?/m0/s1. The highest BCUT2D eigenvalue weighted by molar-refractivity contribution is 14.1. The molecule has 2 unspecified atom stereocenters. The van der Waals surface area contributed by atoms with Gasteiger partial charge in [-0.1, -0.05) is 0 Å². The molecule has 1 aliphatic carbocycles. The molecule has 1 aromatic heterocycles. The van der Waals surface area contributed by atoms with Gasteiger partial charge in [-0.15, -0.1) is 0 Å². The van der Waals surface area contributed by atoms with Crippen LogP contribution in [0.1, 0.15) is 6.04 Å². The summed E-state index contributed by atoms with van der Waals surface area (Å²) in [4.78, 5) is 25.0. The molecular weight excluding hydrogens is 371 g/mol. The Labute approximate surface area is 120 Å². The molecule has 8 nitrogen and oxygen atoms in total. The van der Waals surface area contributed by atoms with Crippen LogP contribution in [-0.2, 0) is 0 Å². The molecule has 1 aromatic rings. The molecule has 1 saturated carbocycles. The fourth-order valence-electron chi connectivity index (χ4n) is 2.34. The molecule has 0 aliphatic heterocycles. The van der Waals surface area contributed by atoms with Crippen LogP contribution in [0.15, 0.2) is 15.8 Å². The Hall–Kier alpha value is -0.750. The molecule has 19 heavy (non-hydrogen) atoms. The number of H-pyrrole nitrogens is 1. The van der Waals surface area contributed by atoms with Crippen LogP contribution < -0.4 is 11.2 Å². The highest BCUT2D eigenvalue weighted by Gasteiger charge is 2.49. The lowest BCUT2D eigenvalue weighted by molar-refractivity contribution is -0.00810. The SMILES string of the molecule is O=c1[nH]c(=O)n([C@H]2C(O)C(O)[C@@H](CO)[C@@H]2O)cc1I. The van der Waals surface area contributed by atoms with Crippen LogP contribution in [0, 0.1) is 9.49 Å². The summed E-state index contributed by atoms with van der Waals surface area (Å²) in [6, 6.07) is -1.12. The van der Waals surface area contributed by atoms with E-state index in [2.05, 4.69) is 4.98 Å². The first-order valence-corrected chi connectivity index (χ1v) is 6.62. The van der Waals surface area contributed by atoms with Crippen LogP contribution in [0.25, 0.3) is 0 Å². The van der Waals surface area contributed by atoms with E-state index in [0.29, 0.717) is 0 Å². The quantitative estimate of drug-likeness (QED) is 0.355. The van der Waals surface area contributed by atoms with Crippen molar-refractivity contribution in [1.82, 2.24) is 9.55 Å². The van der Waals surface area contributed by atoms with Crippen molar-refractivity contribution < 1.29 is 20.4 Å². The van der Waals surface area contributed by atoms with Gasteiger partial charge in [0.05, 0.1) is 28.4 Å². The van der Waals surface area contributed by atoms with Gasteiger partial charge in [0, 0.05) is 12.1 Å². The van der Waals surface area contributed by atoms with E-state index in [4.69, 9.17) is 5.11 Å². The van der Waals surface area contributed by atoms with Crippen molar-refractivity contribution in [2.75, 3.05) is 6.61 Å². The lowest BCUT2D eigenvalue weighted by Crippen LogP contribution is -2.40. The fraction of sp³-hybridized carbons (Fsp3) is 0.600. The molecule has 9 heteroatoms. The second kappa shape index (κ2) is 5.32. The van der Waals surface area contributed by atoms with E-state index >= 15 is 0 Å². The molecule has 0 amide bonds. The third kappa shape index (κ3) is 2.36. The van der Waals surface area contributed by atoms with Crippen LogP contribution in [-0.4, -0.2) is 54.9 Å². The van der Waals surface area contributed by atoms with Gasteiger partial charge in [0.15, 0.2) is 0 Å². The average molecular weight is 384 g/mol. The summed E-state index contributed by atoms with van der Waals surface area (Å²) in [7, 11) is 0. The van der Waals surface area contributed by atoms with Gasteiger partial charge in [0.2, 0.25) is 0 Å². The molecule has 2 rings (SSSR count). The molecule has 0 aromatic carbocycles. The summed E-state index contributed by atoms with van der Waals surface area (Å²) in [6.45, 7) is -0.523. The highest BCUT2D eigenvalue weighted by atomic mass is 127. The van der Waals surface area contributed by atoms with Gasteiger partial charge in [-0.2, -0.15) is 0 Å². The molecule has 5 N–H and O–H groups in total. The minimum absolute atomic E-state index is 0.207. The van der Waals surface area contributed by atoms with Crippen molar-refractivity contribution in [1.29, 1.82) is 0 Å². The van der Waals surface area contributed by atoms with E-state index < -0.39 is 48.1 Å². The third-order valence-corrected chi connectivity index (χ3v) is 4.15. The Morgan fingerprint density at radius 2 is 1.84 bits per heavy atom. The van der Waals surface area contributed by atoms with Crippen LogP contribution in [0.2, 0.25) is 0 Å². The third-order valence-electron chi connectivity index (χ3n) is 3.38. The minimum Gasteiger partial charge on any atom is -0.396 e. The molecule has 1 fully saturated rings. The maximum absolute atomic E-state index is 11.7. The molecule has 0 spiro atoms. The van der Waals surface area contributed by atoms with Crippen molar-refractivity contribution >= 4 is 22.6 Å². The maximum atomic E-state index is 11.7. The monoisotopic (exact) mass is 384 g/mol. The first-order chi connectivity index (χ1) is 8.88. The van der Waals surface area contributed by atoms with Gasteiger partial charge in [-0.3, -0.25) is 14.3 Å². The summed E-state index contributed by atoms with van der Waals surface area (Å²) in [6.07, 6.45) is -2.85. The van der Waals surface area contributed by atoms with Crippen LogP contribution in [0.5, 0.6) is 0 Å². The van der Waals surface area contributed by atoms with E-state index in [0.717, 1.165) is 4.57 Å². The molecule has 1 heterocycles. The number of aromatic nitrogens is 2. The highest BCUT2D eigenvalue weighted by Crippen LogP contribution is 2.34. The number of aromatic amines is 1. The van der Waals surface area contributed by atoms with Gasteiger partial charge in [0.25, 0.3) is 5.56 Å². The van der Waals surface area contributed by atoms with Gasteiger partial charge >= 0.3 is 5.69 Å². The Bertz CT molecular complexity index is 584. The number of rotatable bonds is 2. The van der Waals surface area contributed by atoms with E-state index in [1.54, 1.807) is 22.6 Å². The molecule has 1 aliphatic rings. The van der Waals surface area contributed by atoms with Gasteiger partial charge in [-0.05, 0) is 22.6 Å². The van der Waals surface area contributed by atoms with Gasteiger partial charge in [0.1, 0.15) is 6.10 Å². The van der Waals surface area contributed by atoms with E-state index in [9.17, 15) is 24.9 Å². The van der Waals surface area contributed by atoms with Crippen LogP contribution >= 0.6 is 22.6 Å². The van der Waals surface area contributed by atoms with Gasteiger partial charge < -0.3 is 20.4 Å². The Kier molecular flexibility index (Phi) is 4.11. The summed E-state index contributed by atoms with van der Waals surface area (Å²) < 4.78 is 1.18. The molecule has 106 valence electrons. The zero-order valence-electron chi connectivity index (χ0n) is 9.60. The van der Waals surface area contributed by atoms with Crippen molar-refractivity contribution in [3.05, 3.63) is 30.6 Å². The molecule has 0 radical (unpaired) electrons. The minimum atomic E-state index is -1.41. The summed E-state index contributed by atoms with van der Waals surface area (Å²) >= 11 is 1.71. The maximum Gasteiger partial charge on any atom is 0.328 e. The van der Waals surface area contributed by atoms with Crippen molar-refractivity contribution in [3.8, 4) is 0 Å². The summed E-state index contributed by atoms with van der Waals surface area (Å²) in [5.41, 5.74) is -1.36. The second-order valence-electron chi connectivity index (χ2n) is 4.45. The zero-order chi connectivity index (χ0) is 14.3. The largest absolute Gasteiger partial charge is 0.396 e. The van der Waals surface area contributed by atoms with Crippen molar-refractivity contribution in [2.24, 2.45) is 5.92 Å². The fourth-order valence-corrected chi connectivity index (χ4v) is 2.77. The van der Waals surface area contributed by atoms with Crippen molar-refractivity contribution in [3.63, 3.8) is 0 Å². The Morgan fingerprint density at radius 1 is 1.21 bits per heavy atom. The van der Waals surface area contributed by atoms with Crippen molar-refractivity contribution in [2.45, 2.75) is 24.4 Å². The lowest BCUT2D eigenvalue weighted by Gasteiger charge is -2.21. The smallest absolute Gasteiger partial charge is 0.328 e. The topological polar surface area (TPSA) is 136 Å². The van der Waals surface area contributed by atoms with E-state index in [-0.39, 0.29) is 3.57 Å². The Balaban J connectivity index is 2.50. The number of hydrogen-bond acceptors (Lipinski definition) is 6. The second-order valence-corrected chi connectivity index (χ2v) is 5.61.